The first-order valence-electron chi connectivity index (χ1n) is 4.32. The molecule has 3 heteroatoms. The third-order valence-electron chi connectivity index (χ3n) is 1.84. The lowest BCUT2D eigenvalue weighted by molar-refractivity contribution is 1.76. The lowest BCUT2D eigenvalue weighted by Gasteiger charge is -2.00. The summed E-state index contributed by atoms with van der Waals surface area (Å²) < 4.78 is 0. The maximum atomic E-state index is 2.17. The standard InChI is InChI=1S/C12H11P.2ClH/c1-3-7-11(8-4-1)13-12-9-5-2-6-10-12;;/h1-10,13H;2*1H. The fourth-order valence-electron chi connectivity index (χ4n) is 1.21. The lowest BCUT2D eigenvalue weighted by atomic mass is 10.4. The van der Waals surface area contributed by atoms with Gasteiger partial charge in [0.1, 0.15) is 0 Å². The van der Waals surface area contributed by atoms with Gasteiger partial charge in [-0.05, 0) is 10.6 Å². The highest BCUT2D eigenvalue weighted by Gasteiger charge is 1.92. The number of hydrogen-bond donors (Lipinski definition) is 0. The quantitative estimate of drug-likeness (QED) is 0.727. The number of benzene rings is 2. The van der Waals surface area contributed by atoms with E-state index in [1.807, 2.05) is 0 Å². The Morgan fingerprint density at radius 2 is 0.867 bits per heavy atom. The van der Waals surface area contributed by atoms with Crippen LogP contribution in [-0.2, 0) is 0 Å². The lowest BCUT2D eigenvalue weighted by Crippen LogP contribution is -2.01. The maximum absolute atomic E-state index is 2.17. The predicted octanol–water partition coefficient (Wildman–Crippen LogP) is 3.16. The molecule has 15 heavy (non-hydrogen) atoms. The van der Waals surface area contributed by atoms with E-state index in [-0.39, 0.29) is 24.8 Å². The van der Waals surface area contributed by atoms with Gasteiger partial charge >= 0.3 is 0 Å². The molecule has 0 amide bonds. The van der Waals surface area contributed by atoms with Crippen molar-refractivity contribution in [3.8, 4) is 0 Å². The van der Waals surface area contributed by atoms with E-state index in [4.69, 9.17) is 0 Å². The molecule has 0 aliphatic carbocycles. The van der Waals surface area contributed by atoms with Crippen LogP contribution in [-0.4, -0.2) is 0 Å². The Hall–Kier alpha value is -0.550. The molecule has 2 rings (SSSR count). The van der Waals surface area contributed by atoms with Gasteiger partial charge in [-0.2, -0.15) is 0 Å². The van der Waals surface area contributed by atoms with E-state index in [9.17, 15) is 0 Å². The Bertz CT molecular complexity index is 324. The molecule has 0 aromatic heterocycles. The molecule has 0 aliphatic rings. The minimum atomic E-state index is 0. The second kappa shape index (κ2) is 7.70. The van der Waals surface area contributed by atoms with Gasteiger partial charge in [0.2, 0.25) is 0 Å². The maximum Gasteiger partial charge on any atom is -0.0226 e. The summed E-state index contributed by atoms with van der Waals surface area (Å²) in [7, 11) is 0.777. The molecule has 0 saturated carbocycles. The zero-order valence-electron chi connectivity index (χ0n) is 8.09. The number of rotatable bonds is 2. The molecule has 0 saturated heterocycles. The van der Waals surface area contributed by atoms with Gasteiger partial charge in [0.25, 0.3) is 0 Å². The van der Waals surface area contributed by atoms with Crippen LogP contribution in [0.15, 0.2) is 60.7 Å². The summed E-state index contributed by atoms with van der Waals surface area (Å²) >= 11 is 0. The Balaban J connectivity index is 0.000000980. The summed E-state index contributed by atoms with van der Waals surface area (Å²) in [5, 5.41) is 2.79. The van der Waals surface area contributed by atoms with Crippen molar-refractivity contribution < 1.29 is 0 Å². The highest BCUT2D eigenvalue weighted by molar-refractivity contribution is 7.55. The van der Waals surface area contributed by atoms with Crippen LogP contribution in [0.25, 0.3) is 0 Å². The van der Waals surface area contributed by atoms with E-state index in [1.54, 1.807) is 0 Å². The molecule has 0 nitrogen and oxygen atoms in total. The Morgan fingerprint density at radius 3 is 1.20 bits per heavy atom. The van der Waals surface area contributed by atoms with Gasteiger partial charge in [-0.15, -0.1) is 24.8 Å². The van der Waals surface area contributed by atoms with E-state index >= 15 is 0 Å². The number of hydrogen-bond acceptors (Lipinski definition) is 0. The highest BCUT2D eigenvalue weighted by atomic mass is 35.5. The van der Waals surface area contributed by atoms with Crippen molar-refractivity contribution >= 4 is 44.0 Å². The molecule has 0 N–H and O–H groups in total. The Labute approximate surface area is 105 Å². The summed E-state index contributed by atoms with van der Waals surface area (Å²) in [6.07, 6.45) is 0. The molecular weight excluding hydrogens is 246 g/mol. The minimum absolute atomic E-state index is 0. The van der Waals surface area contributed by atoms with Crippen LogP contribution < -0.4 is 10.6 Å². The Morgan fingerprint density at radius 1 is 0.533 bits per heavy atom. The van der Waals surface area contributed by atoms with Gasteiger partial charge in [-0.1, -0.05) is 69.2 Å². The van der Waals surface area contributed by atoms with Crippen LogP contribution >= 0.6 is 33.4 Å². The summed E-state index contributed by atoms with van der Waals surface area (Å²) in [5.41, 5.74) is 0. The predicted molar refractivity (Wildman–Crippen MR) is 75.0 cm³/mol. The fraction of sp³-hybridized carbons (Fsp3) is 0. The van der Waals surface area contributed by atoms with Crippen LogP contribution in [0, 0.1) is 0 Å². The molecule has 0 unspecified atom stereocenters. The van der Waals surface area contributed by atoms with Crippen molar-refractivity contribution in [1.82, 2.24) is 0 Å². The SMILES string of the molecule is Cl.Cl.c1ccc(Pc2ccccc2)cc1. The second-order valence-corrected chi connectivity index (χ2v) is 4.26. The average Bonchev–Trinajstić information content (AvgIpc) is 2.21. The molecule has 0 spiro atoms. The zero-order valence-corrected chi connectivity index (χ0v) is 10.7. The summed E-state index contributed by atoms with van der Waals surface area (Å²) in [4.78, 5) is 0. The van der Waals surface area contributed by atoms with Crippen LogP contribution in [0.1, 0.15) is 0 Å². The Kier molecular flexibility index (Phi) is 7.42. The minimum Gasteiger partial charge on any atom is -0.147 e. The van der Waals surface area contributed by atoms with E-state index in [2.05, 4.69) is 60.7 Å². The van der Waals surface area contributed by atoms with E-state index in [0.29, 0.717) is 0 Å². The zero-order chi connectivity index (χ0) is 8.93. The smallest absolute Gasteiger partial charge is 0.0226 e. The highest BCUT2D eigenvalue weighted by Crippen LogP contribution is 2.08. The van der Waals surface area contributed by atoms with Crippen LogP contribution in [0.3, 0.4) is 0 Å². The summed E-state index contributed by atoms with van der Waals surface area (Å²) in [6, 6.07) is 21.2. The van der Waals surface area contributed by atoms with Gasteiger partial charge in [-0.3, -0.25) is 0 Å². The van der Waals surface area contributed by atoms with Gasteiger partial charge in [0.05, 0.1) is 0 Å². The molecule has 0 radical (unpaired) electrons. The van der Waals surface area contributed by atoms with Crippen molar-refractivity contribution in [2.45, 2.75) is 0 Å². The summed E-state index contributed by atoms with van der Waals surface area (Å²) in [6.45, 7) is 0. The van der Waals surface area contributed by atoms with Gasteiger partial charge in [0.15, 0.2) is 0 Å². The van der Waals surface area contributed by atoms with Crippen molar-refractivity contribution in [1.29, 1.82) is 0 Å². The molecule has 2 aromatic carbocycles. The molecular formula is C12H13Cl2P. The average molecular weight is 259 g/mol. The molecule has 0 fully saturated rings. The van der Waals surface area contributed by atoms with Crippen LogP contribution in [0.5, 0.6) is 0 Å². The topological polar surface area (TPSA) is 0 Å². The summed E-state index contributed by atoms with van der Waals surface area (Å²) in [5.74, 6) is 0. The van der Waals surface area contributed by atoms with Crippen molar-refractivity contribution in [3.05, 3.63) is 60.7 Å². The first-order chi connectivity index (χ1) is 6.45. The van der Waals surface area contributed by atoms with E-state index in [0.717, 1.165) is 8.58 Å². The molecule has 0 atom stereocenters. The molecule has 0 heterocycles. The monoisotopic (exact) mass is 258 g/mol. The second-order valence-electron chi connectivity index (χ2n) is 2.86. The largest absolute Gasteiger partial charge is 0.147 e. The molecule has 0 bridgehead atoms. The van der Waals surface area contributed by atoms with Crippen LogP contribution in [0.4, 0.5) is 0 Å². The van der Waals surface area contributed by atoms with Crippen molar-refractivity contribution in [2.75, 3.05) is 0 Å². The van der Waals surface area contributed by atoms with Gasteiger partial charge in [0, 0.05) is 0 Å². The van der Waals surface area contributed by atoms with E-state index < -0.39 is 0 Å². The van der Waals surface area contributed by atoms with Gasteiger partial charge in [-0.25, -0.2) is 0 Å². The van der Waals surface area contributed by atoms with Crippen molar-refractivity contribution in [3.63, 3.8) is 0 Å². The molecule has 80 valence electrons. The third-order valence-corrected chi connectivity index (χ3v) is 3.08. The third kappa shape index (κ3) is 4.66. The normalized spacial score (nSPS) is 8.53. The fourth-order valence-corrected chi connectivity index (χ4v) is 2.26. The number of halogens is 2. The van der Waals surface area contributed by atoms with Gasteiger partial charge < -0.3 is 0 Å². The van der Waals surface area contributed by atoms with Crippen molar-refractivity contribution in [2.24, 2.45) is 0 Å². The molecule has 0 aliphatic heterocycles. The first-order valence-corrected chi connectivity index (χ1v) is 5.32. The van der Waals surface area contributed by atoms with E-state index in [1.165, 1.54) is 10.6 Å². The molecule has 2 aromatic rings. The first kappa shape index (κ1) is 14.5. The van der Waals surface area contributed by atoms with Crippen LogP contribution in [0.2, 0.25) is 0 Å².